The molecule has 2 amide bonds. The van der Waals surface area contributed by atoms with Gasteiger partial charge in [0.25, 0.3) is 0 Å². The molecule has 1 saturated heterocycles. The predicted molar refractivity (Wildman–Crippen MR) is 46.9 cm³/mol. The Balaban J connectivity index is 2.02. The minimum Gasteiger partial charge on any atom is -0.333 e. The molecule has 1 fully saturated rings. The standard InChI is InChI=1S/C9H14N2O/c12-9-10-7-5-3-1-2-4-6-8(7)11-9/h1-2,7-8H,3-6H2,(H2,10,11,12)/b2-1-/t7-,8+. The molecule has 1 heterocycles. The molecule has 0 aromatic rings. The number of hydrogen-bond donors (Lipinski definition) is 2. The first-order valence-corrected chi connectivity index (χ1v) is 4.58. The van der Waals surface area contributed by atoms with E-state index >= 15 is 0 Å². The van der Waals surface area contributed by atoms with Crippen molar-refractivity contribution in [2.45, 2.75) is 37.8 Å². The first-order chi connectivity index (χ1) is 5.86. The van der Waals surface area contributed by atoms with E-state index in [1.165, 1.54) is 0 Å². The number of carbonyl (C=O) groups excluding carboxylic acids is 1. The van der Waals surface area contributed by atoms with Crippen LogP contribution in [0.3, 0.4) is 0 Å². The third kappa shape index (κ3) is 1.44. The zero-order chi connectivity index (χ0) is 8.39. The highest BCUT2D eigenvalue weighted by atomic mass is 16.2. The smallest absolute Gasteiger partial charge is 0.315 e. The molecule has 0 bridgehead atoms. The number of carbonyl (C=O) groups is 1. The fraction of sp³-hybridized carbons (Fsp3) is 0.667. The molecule has 0 unspecified atom stereocenters. The van der Waals surface area contributed by atoms with E-state index in [0.29, 0.717) is 12.1 Å². The SMILES string of the molecule is O=C1N[C@H]2CC/C=C\CC[C@H]2N1. The molecule has 2 N–H and O–H groups in total. The van der Waals surface area contributed by atoms with Crippen LogP contribution < -0.4 is 10.6 Å². The van der Waals surface area contributed by atoms with Crippen LogP contribution >= 0.6 is 0 Å². The molecule has 66 valence electrons. The van der Waals surface area contributed by atoms with Gasteiger partial charge in [0.15, 0.2) is 0 Å². The lowest BCUT2D eigenvalue weighted by Crippen LogP contribution is -2.33. The molecule has 0 aromatic carbocycles. The van der Waals surface area contributed by atoms with E-state index in [-0.39, 0.29) is 6.03 Å². The Morgan fingerprint density at radius 3 is 2.08 bits per heavy atom. The summed E-state index contributed by atoms with van der Waals surface area (Å²) in [5.41, 5.74) is 0. The minimum absolute atomic E-state index is 0.00639. The van der Waals surface area contributed by atoms with E-state index in [1.807, 2.05) is 0 Å². The van der Waals surface area contributed by atoms with Crippen LogP contribution in [-0.2, 0) is 0 Å². The van der Waals surface area contributed by atoms with Gasteiger partial charge in [-0.3, -0.25) is 0 Å². The van der Waals surface area contributed by atoms with Gasteiger partial charge in [0.1, 0.15) is 0 Å². The molecule has 1 aliphatic heterocycles. The van der Waals surface area contributed by atoms with Gasteiger partial charge in [-0.1, -0.05) is 12.2 Å². The number of allylic oxidation sites excluding steroid dienone is 2. The van der Waals surface area contributed by atoms with Crippen molar-refractivity contribution in [2.24, 2.45) is 0 Å². The Morgan fingerprint density at radius 1 is 1.08 bits per heavy atom. The summed E-state index contributed by atoms with van der Waals surface area (Å²) in [5, 5.41) is 5.88. The van der Waals surface area contributed by atoms with E-state index in [9.17, 15) is 4.79 Å². The Morgan fingerprint density at radius 2 is 1.58 bits per heavy atom. The lowest BCUT2D eigenvalue weighted by molar-refractivity contribution is 0.246. The van der Waals surface area contributed by atoms with Gasteiger partial charge in [0.05, 0.1) is 12.1 Å². The highest BCUT2D eigenvalue weighted by Gasteiger charge is 2.30. The molecule has 0 spiro atoms. The summed E-state index contributed by atoms with van der Waals surface area (Å²) in [6.45, 7) is 0. The molecular weight excluding hydrogens is 152 g/mol. The quantitative estimate of drug-likeness (QED) is 0.521. The van der Waals surface area contributed by atoms with Gasteiger partial charge in [-0.2, -0.15) is 0 Å². The number of rotatable bonds is 0. The van der Waals surface area contributed by atoms with Gasteiger partial charge in [0, 0.05) is 0 Å². The summed E-state index contributed by atoms with van der Waals surface area (Å²) in [7, 11) is 0. The molecule has 0 saturated carbocycles. The van der Waals surface area contributed by atoms with Crippen LogP contribution in [0.2, 0.25) is 0 Å². The van der Waals surface area contributed by atoms with Gasteiger partial charge in [-0.15, -0.1) is 0 Å². The molecule has 3 heteroatoms. The predicted octanol–water partition coefficient (Wildman–Crippen LogP) is 1.17. The monoisotopic (exact) mass is 166 g/mol. The Kier molecular flexibility index (Phi) is 2.02. The second-order valence-electron chi connectivity index (χ2n) is 3.46. The van der Waals surface area contributed by atoms with Gasteiger partial charge in [-0.05, 0) is 25.7 Å². The van der Waals surface area contributed by atoms with Crippen LogP contribution in [-0.4, -0.2) is 18.1 Å². The average Bonchev–Trinajstić information content (AvgIpc) is 2.32. The van der Waals surface area contributed by atoms with Crippen molar-refractivity contribution in [1.82, 2.24) is 10.6 Å². The van der Waals surface area contributed by atoms with E-state index in [1.54, 1.807) is 0 Å². The summed E-state index contributed by atoms with van der Waals surface area (Å²) < 4.78 is 0. The van der Waals surface area contributed by atoms with Crippen molar-refractivity contribution in [2.75, 3.05) is 0 Å². The summed E-state index contributed by atoms with van der Waals surface area (Å²) in [5.74, 6) is 0. The number of amides is 2. The van der Waals surface area contributed by atoms with E-state index in [0.717, 1.165) is 25.7 Å². The first kappa shape index (κ1) is 7.65. The van der Waals surface area contributed by atoms with Crippen LogP contribution in [0, 0.1) is 0 Å². The number of nitrogens with one attached hydrogen (secondary N) is 2. The highest BCUT2D eigenvalue weighted by molar-refractivity contribution is 5.77. The number of urea groups is 1. The topological polar surface area (TPSA) is 41.1 Å². The third-order valence-corrected chi connectivity index (χ3v) is 2.57. The normalized spacial score (nSPS) is 37.2. The molecule has 2 aliphatic rings. The lowest BCUT2D eigenvalue weighted by atomic mass is 9.97. The van der Waals surface area contributed by atoms with Crippen LogP contribution in [0.4, 0.5) is 4.79 Å². The van der Waals surface area contributed by atoms with Crippen molar-refractivity contribution in [1.29, 1.82) is 0 Å². The summed E-state index contributed by atoms with van der Waals surface area (Å²) in [4.78, 5) is 11.0. The number of hydrogen-bond acceptors (Lipinski definition) is 1. The molecule has 3 nitrogen and oxygen atoms in total. The molecule has 2 atom stereocenters. The molecule has 12 heavy (non-hydrogen) atoms. The van der Waals surface area contributed by atoms with E-state index in [4.69, 9.17) is 0 Å². The second-order valence-corrected chi connectivity index (χ2v) is 3.46. The van der Waals surface area contributed by atoms with Crippen molar-refractivity contribution >= 4 is 6.03 Å². The third-order valence-electron chi connectivity index (χ3n) is 2.57. The second kappa shape index (κ2) is 3.17. The van der Waals surface area contributed by atoms with Crippen LogP contribution in [0.25, 0.3) is 0 Å². The zero-order valence-corrected chi connectivity index (χ0v) is 7.05. The number of fused-ring (bicyclic) bond motifs is 1. The molecule has 0 aromatic heterocycles. The van der Waals surface area contributed by atoms with Crippen molar-refractivity contribution in [3.05, 3.63) is 12.2 Å². The largest absolute Gasteiger partial charge is 0.333 e. The van der Waals surface area contributed by atoms with E-state index in [2.05, 4.69) is 22.8 Å². The fourth-order valence-electron chi connectivity index (χ4n) is 1.91. The Bertz CT molecular complexity index is 193. The maximum Gasteiger partial charge on any atom is 0.315 e. The average molecular weight is 166 g/mol. The molecular formula is C9H14N2O. The van der Waals surface area contributed by atoms with Crippen LogP contribution in [0.5, 0.6) is 0 Å². The maximum atomic E-state index is 11.0. The first-order valence-electron chi connectivity index (χ1n) is 4.58. The molecule has 1 aliphatic carbocycles. The van der Waals surface area contributed by atoms with Gasteiger partial charge in [-0.25, -0.2) is 4.79 Å². The summed E-state index contributed by atoms with van der Waals surface area (Å²) in [6, 6.07) is 0.733. The highest BCUT2D eigenvalue weighted by Crippen LogP contribution is 2.16. The van der Waals surface area contributed by atoms with Crippen molar-refractivity contribution < 1.29 is 4.79 Å². The van der Waals surface area contributed by atoms with Crippen LogP contribution in [0.1, 0.15) is 25.7 Å². The van der Waals surface area contributed by atoms with Crippen molar-refractivity contribution in [3.8, 4) is 0 Å². The Hall–Kier alpha value is -0.990. The maximum absolute atomic E-state index is 11.0. The summed E-state index contributed by atoms with van der Waals surface area (Å²) in [6.07, 6.45) is 8.73. The van der Waals surface area contributed by atoms with Crippen molar-refractivity contribution in [3.63, 3.8) is 0 Å². The summed E-state index contributed by atoms with van der Waals surface area (Å²) >= 11 is 0. The van der Waals surface area contributed by atoms with Gasteiger partial charge >= 0.3 is 6.03 Å². The minimum atomic E-state index is 0.00639. The van der Waals surface area contributed by atoms with Gasteiger partial charge < -0.3 is 10.6 Å². The fourth-order valence-corrected chi connectivity index (χ4v) is 1.91. The van der Waals surface area contributed by atoms with E-state index < -0.39 is 0 Å². The zero-order valence-electron chi connectivity index (χ0n) is 7.05. The van der Waals surface area contributed by atoms with Crippen LogP contribution in [0.15, 0.2) is 12.2 Å². The Labute approximate surface area is 72.2 Å². The lowest BCUT2D eigenvalue weighted by Gasteiger charge is -2.18. The molecule has 0 radical (unpaired) electrons. The van der Waals surface area contributed by atoms with Gasteiger partial charge in [0.2, 0.25) is 0 Å². The molecule has 2 rings (SSSR count).